The molecule has 1 aliphatic rings. The first-order valence-corrected chi connectivity index (χ1v) is 7.67. The summed E-state index contributed by atoms with van der Waals surface area (Å²) in [7, 11) is 0. The molecule has 0 heterocycles. The third-order valence-electron chi connectivity index (χ3n) is 3.87. The van der Waals surface area contributed by atoms with Crippen LogP contribution in [0.25, 0.3) is 0 Å². The Balaban J connectivity index is 2.06. The third kappa shape index (κ3) is 3.81. The van der Waals surface area contributed by atoms with E-state index < -0.39 is 17.7 Å². The minimum atomic E-state index is -0.849. The normalized spacial score (nSPS) is 21.9. The van der Waals surface area contributed by atoms with E-state index >= 15 is 0 Å². The Morgan fingerprint density at radius 2 is 2.00 bits per heavy atom. The van der Waals surface area contributed by atoms with E-state index in [9.17, 15) is 14.0 Å². The SMILES string of the molecule is Cc1cc(NC(=O)[C@@H]2CCC[C@H](C(=O)O)C2)cc(F)c1Br. The number of anilines is 1. The highest BCUT2D eigenvalue weighted by Gasteiger charge is 2.31. The Morgan fingerprint density at radius 1 is 1.33 bits per heavy atom. The molecule has 1 fully saturated rings. The molecule has 2 rings (SSSR count). The fourth-order valence-electron chi connectivity index (χ4n) is 2.70. The summed E-state index contributed by atoms with van der Waals surface area (Å²) in [6.45, 7) is 1.74. The minimum absolute atomic E-state index is 0.234. The molecule has 6 heteroatoms. The van der Waals surface area contributed by atoms with Crippen LogP contribution in [0.3, 0.4) is 0 Å². The maximum absolute atomic E-state index is 13.6. The van der Waals surface area contributed by atoms with Crippen LogP contribution < -0.4 is 5.32 Å². The summed E-state index contributed by atoms with van der Waals surface area (Å²) in [5, 5.41) is 11.7. The summed E-state index contributed by atoms with van der Waals surface area (Å²) in [5.41, 5.74) is 1.09. The number of amides is 1. The van der Waals surface area contributed by atoms with Gasteiger partial charge in [-0.05, 0) is 59.8 Å². The maximum atomic E-state index is 13.6. The highest BCUT2D eigenvalue weighted by atomic mass is 79.9. The molecule has 2 atom stereocenters. The second kappa shape index (κ2) is 6.56. The van der Waals surface area contributed by atoms with Crippen molar-refractivity contribution in [1.29, 1.82) is 0 Å². The van der Waals surface area contributed by atoms with Crippen molar-refractivity contribution in [2.45, 2.75) is 32.6 Å². The van der Waals surface area contributed by atoms with Crippen LogP contribution in [0.15, 0.2) is 16.6 Å². The molecule has 1 aliphatic carbocycles. The van der Waals surface area contributed by atoms with E-state index in [1.54, 1.807) is 13.0 Å². The van der Waals surface area contributed by atoms with Gasteiger partial charge in [0.1, 0.15) is 5.82 Å². The zero-order chi connectivity index (χ0) is 15.6. The van der Waals surface area contributed by atoms with Crippen LogP contribution in [0.1, 0.15) is 31.2 Å². The summed E-state index contributed by atoms with van der Waals surface area (Å²) in [5.74, 6) is -2.30. The molecule has 114 valence electrons. The zero-order valence-corrected chi connectivity index (χ0v) is 13.2. The lowest BCUT2D eigenvalue weighted by Crippen LogP contribution is -2.31. The van der Waals surface area contributed by atoms with Gasteiger partial charge in [-0.1, -0.05) is 6.42 Å². The van der Waals surface area contributed by atoms with Crippen molar-refractivity contribution in [3.05, 3.63) is 28.0 Å². The predicted octanol–water partition coefficient (Wildman–Crippen LogP) is 3.73. The topological polar surface area (TPSA) is 66.4 Å². The molecular weight excluding hydrogens is 341 g/mol. The van der Waals surface area contributed by atoms with Crippen LogP contribution in [-0.4, -0.2) is 17.0 Å². The molecule has 0 spiro atoms. The van der Waals surface area contributed by atoms with Crippen molar-refractivity contribution in [3.8, 4) is 0 Å². The van der Waals surface area contributed by atoms with Gasteiger partial charge in [0.25, 0.3) is 0 Å². The highest BCUT2D eigenvalue weighted by molar-refractivity contribution is 9.10. The van der Waals surface area contributed by atoms with E-state index in [2.05, 4.69) is 21.2 Å². The number of hydrogen-bond donors (Lipinski definition) is 2. The third-order valence-corrected chi connectivity index (χ3v) is 4.88. The molecule has 0 aliphatic heterocycles. The van der Waals surface area contributed by atoms with Crippen molar-refractivity contribution in [2.75, 3.05) is 5.32 Å². The van der Waals surface area contributed by atoms with Crippen molar-refractivity contribution in [2.24, 2.45) is 11.8 Å². The van der Waals surface area contributed by atoms with E-state index in [1.807, 2.05) is 0 Å². The molecule has 0 unspecified atom stereocenters. The summed E-state index contributed by atoms with van der Waals surface area (Å²) >= 11 is 3.13. The van der Waals surface area contributed by atoms with E-state index in [-0.39, 0.29) is 11.8 Å². The maximum Gasteiger partial charge on any atom is 0.306 e. The van der Waals surface area contributed by atoms with Gasteiger partial charge in [0.05, 0.1) is 10.4 Å². The molecule has 0 saturated heterocycles. The van der Waals surface area contributed by atoms with Gasteiger partial charge in [-0.2, -0.15) is 0 Å². The smallest absolute Gasteiger partial charge is 0.306 e. The van der Waals surface area contributed by atoms with Crippen molar-refractivity contribution in [3.63, 3.8) is 0 Å². The van der Waals surface area contributed by atoms with Crippen LogP contribution in [0.2, 0.25) is 0 Å². The molecule has 1 aromatic carbocycles. The minimum Gasteiger partial charge on any atom is -0.481 e. The molecule has 0 bridgehead atoms. The second-order valence-corrected chi connectivity index (χ2v) is 6.27. The first-order valence-electron chi connectivity index (χ1n) is 6.87. The van der Waals surface area contributed by atoms with Crippen molar-refractivity contribution >= 4 is 33.5 Å². The van der Waals surface area contributed by atoms with Gasteiger partial charge < -0.3 is 10.4 Å². The van der Waals surface area contributed by atoms with Gasteiger partial charge >= 0.3 is 5.97 Å². The number of hydrogen-bond acceptors (Lipinski definition) is 2. The first-order chi connectivity index (χ1) is 9.88. The lowest BCUT2D eigenvalue weighted by atomic mass is 9.81. The van der Waals surface area contributed by atoms with E-state index in [1.165, 1.54) is 6.07 Å². The number of rotatable bonds is 3. The number of aliphatic carboxylic acids is 1. The Morgan fingerprint density at radius 3 is 2.62 bits per heavy atom. The van der Waals surface area contributed by atoms with Crippen LogP contribution >= 0.6 is 15.9 Å². The Bertz CT molecular complexity index is 553. The molecule has 2 N–H and O–H groups in total. The molecule has 1 amide bonds. The molecule has 1 aromatic rings. The average molecular weight is 358 g/mol. The summed E-state index contributed by atoms with van der Waals surface area (Å²) < 4.78 is 14.0. The Kier molecular flexibility index (Phi) is 4.98. The lowest BCUT2D eigenvalue weighted by Gasteiger charge is -2.25. The summed E-state index contributed by atoms with van der Waals surface area (Å²) in [6.07, 6.45) is 2.36. The fourth-order valence-corrected chi connectivity index (χ4v) is 2.92. The monoisotopic (exact) mass is 357 g/mol. The summed E-state index contributed by atoms with van der Waals surface area (Å²) in [4.78, 5) is 23.2. The number of carbonyl (C=O) groups excluding carboxylic acids is 1. The standard InChI is InChI=1S/C15H17BrFNO3/c1-8-5-11(7-12(17)13(8)16)18-14(19)9-3-2-4-10(6-9)15(20)21/h5,7,9-10H,2-4,6H2,1H3,(H,18,19)(H,20,21)/t9-,10+/m1/s1. The van der Waals surface area contributed by atoms with E-state index in [0.29, 0.717) is 35.0 Å². The zero-order valence-electron chi connectivity index (χ0n) is 11.7. The van der Waals surface area contributed by atoms with Gasteiger partial charge in [-0.3, -0.25) is 9.59 Å². The average Bonchev–Trinajstić information content (AvgIpc) is 2.44. The second-order valence-electron chi connectivity index (χ2n) is 5.48. The molecule has 21 heavy (non-hydrogen) atoms. The largest absolute Gasteiger partial charge is 0.481 e. The summed E-state index contributed by atoms with van der Waals surface area (Å²) in [6, 6.07) is 2.94. The van der Waals surface area contributed by atoms with Crippen molar-refractivity contribution in [1.82, 2.24) is 0 Å². The fraction of sp³-hybridized carbons (Fsp3) is 0.467. The molecule has 0 aromatic heterocycles. The lowest BCUT2D eigenvalue weighted by molar-refractivity contribution is -0.143. The molecular formula is C15H17BrFNO3. The van der Waals surface area contributed by atoms with E-state index in [4.69, 9.17) is 5.11 Å². The van der Waals surface area contributed by atoms with Crippen LogP contribution in [0.5, 0.6) is 0 Å². The molecule has 1 saturated carbocycles. The van der Waals surface area contributed by atoms with Gasteiger partial charge in [-0.15, -0.1) is 0 Å². The van der Waals surface area contributed by atoms with Crippen LogP contribution in [0.4, 0.5) is 10.1 Å². The van der Waals surface area contributed by atoms with Crippen molar-refractivity contribution < 1.29 is 19.1 Å². The van der Waals surface area contributed by atoms with Gasteiger partial charge in [0.2, 0.25) is 5.91 Å². The first kappa shape index (κ1) is 15.9. The molecule has 4 nitrogen and oxygen atoms in total. The van der Waals surface area contributed by atoms with Crippen LogP contribution in [0, 0.1) is 24.6 Å². The van der Waals surface area contributed by atoms with E-state index in [0.717, 1.165) is 6.42 Å². The number of aryl methyl sites for hydroxylation is 1. The number of carboxylic acids is 1. The van der Waals surface area contributed by atoms with Crippen LogP contribution in [-0.2, 0) is 9.59 Å². The number of nitrogens with one attached hydrogen (secondary N) is 1. The quantitative estimate of drug-likeness (QED) is 0.865. The highest BCUT2D eigenvalue weighted by Crippen LogP contribution is 2.31. The van der Waals surface area contributed by atoms with Gasteiger partial charge in [0, 0.05) is 11.6 Å². The Hall–Kier alpha value is -1.43. The number of carbonyl (C=O) groups is 2. The van der Waals surface area contributed by atoms with Gasteiger partial charge in [0.15, 0.2) is 0 Å². The predicted molar refractivity (Wildman–Crippen MR) is 80.6 cm³/mol. The number of carboxylic acid groups (broad SMARTS) is 1. The van der Waals surface area contributed by atoms with Gasteiger partial charge in [-0.25, -0.2) is 4.39 Å². The number of benzene rings is 1. The molecule has 0 radical (unpaired) electrons. The number of halogens is 2. The Labute approximate surface area is 130 Å².